The van der Waals surface area contributed by atoms with Gasteiger partial charge in [0.2, 0.25) is 0 Å². The van der Waals surface area contributed by atoms with E-state index in [-0.39, 0.29) is 17.0 Å². The van der Waals surface area contributed by atoms with Crippen molar-refractivity contribution >= 4 is 0 Å². The summed E-state index contributed by atoms with van der Waals surface area (Å²) in [5.74, 6) is 0.381. The van der Waals surface area contributed by atoms with Gasteiger partial charge in [0.15, 0.2) is 0 Å². The third-order valence-electron chi connectivity index (χ3n) is 10.1. The monoisotopic (exact) mass is 673 g/mol. The Morgan fingerprint density at radius 1 is 0.532 bits per heavy atom. The van der Waals surface area contributed by atoms with Crippen molar-refractivity contribution in [2.45, 2.75) is 214 Å². The first-order chi connectivity index (χ1) is 21.0. The first-order valence-corrected chi connectivity index (χ1v) is 18.6. The van der Waals surface area contributed by atoms with Gasteiger partial charge in [0.25, 0.3) is 0 Å². The average molecular weight is 673 g/mol. The molecule has 0 amide bonds. The molecule has 0 aliphatic heterocycles. The van der Waals surface area contributed by atoms with E-state index in [0.717, 1.165) is 57.8 Å². The van der Waals surface area contributed by atoms with Gasteiger partial charge in [-0.15, -0.1) is 0 Å². The Kier molecular flexibility index (Phi) is 18.1. The Hall–Kier alpha value is -0.320. The maximum absolute atomic E-state index is 6.85. The van der Waals surface area contributed by atoms with Crippen LogP contribution >= 0.6 is 0 Å². The van der Waals surface area contributed by atoms with Crippen molar-refractivity contribution in [3.63, 3.8) is 0 Å². The van der Waals surface area contributed by atoms with Gasteiger partial charge in [-0.25, -0.2) is 0 Å². The highest BCUT2D eigenvalue weighted by atomic mass is 16.5. The normalized spacial score (nSPS) is 20.2. The summed E-state index contributed by atoms with van der Waals surface area (Å²) in [5.41, 5.74) is 22.5. The number of nitrogens with two attached hydrogens (primary N) is 4. The second-order valence-corrected chi connectivity index (χ2v) is 19.0. The molecule has 284 valence electrons. The predicted octanol–water partition coefficient (Wildman–Crippen LogP) is 7.86. The molecule has 0 aliphatic carbocycles. The van der Waals surface area contributed by atoms with Crippen LogP contribution in [0.25, 0.3) is 0 Å². The van der Waals surface area contributed by atoms with Crippen LogP contribution in [0, 0.1) is 11.3 Å². The van der Waals surface area contributed by atoms with Crippen molar-refractivity contribution in [3.05, 3.63) is 0 Å². The molecule has 8 heteroatoms. The van der Waals surface area contributed by atoms with Gasteiger partial charge in [-0.2, -0.15) is 0 Å². The van der Waals surface area contributed by atoms with Gasteiger partial charge in [-0.3, -0.25) is 0 Å². The zero-order chi connectivity index (χ0) is 37.2. The molecule has 6 unspecified atom stereocenters. The van der Waals surface area contributed by atoms with E-state index in [0.29, 0.717) is 32.3 Å². The fraction of sp³-hybridized carbons (Fsp3) is 1.00. The molecular formula is C39H84N4O4. The minimum absolute atomic E-state index is 0.130. The molecule has 0 saturated carbocycles. The minimum atomic E-state index is -0.468. The van der Waals surface area contributed by atoms with Crippen LogP contribution in [0.15, 0.2) is 0 Å². The van der Waals surface area contributed by atoms with Crippen molar-refractivity contribution in [2.24, 2.45) is 34.3 Å². The summed E-state index contributed by atoms with van der Waals surface area (Å²) < 4.78 is 27.1. The third kappa shape index (κ3) is 20.2. The first-order valence-electron chi connectivity index (χ1n) is 18.6. The molecule has 0 aliphatic rings. The van der Waals surface area contributed by atoms with Crippen LogP contribution in [-0.4, -0.2) is 71.5 Å². The van der Waals surface area contributed by atoms with Crippen LogP contribution in [0.5, 0.6) is 0 Å². The Morgan fingerprint density at radius 3 is 1.40 bits per heavy atom. The average Bonchev–Trinajstić information content (AvgIpc) is 2.89. The van der Waals surface area contributed by atoms with Gasteiger partial charge in [0.05, 0.1) is 35.6 Å². The molecule has 0 heterocycles. The molecule has 6 atom stereocenters. The van der Waals surface area contributed by atoms with Crippen LogP contribution in [0.1, 0.15) is 169 Å². The lowest BCUT2D eigenvalue weighted by Crippen LogP contribution is -2.51. The van der Waals surface area contributed by atoms with Crippen LogP contribution < -0.4 is 22.9 Å². The molecule has 0 rings (SSSR count). The molecule has 0 bridgehead atoms. The largest absolute Gasteiger partial charge is 0.376 e. The first kappa shape index (κ1) is 46.7. The summed E-state index contributed by atoms with van der Waals surface area (Å²) in [4.78, 5) is 0. The van der Waals surface area contributed by atoms with Gasteiger partial charge < -0.3 is 41.9 Å². The van der Waals surface area contributed by atoms with Crippen LogP contribution in [0.3, 0.4) is 0 Å². The Balaban J connectivity index is 7.05. The fourth-order valence-corrected chi connectivity index (χ4v) is 6.59. The second-order valence-electron chi connectivity index (χ2n) is 19.0. The Morgan fingerprint density at radius 2 is 1.00 bits per heavy atom. The molecule has 8 N–H and O–H groups in total. The molecular weight excluding hydrogens is 588 g/mol. The summed E-state index contributed by atoms with van der Waals surface area (Å²) in [5, 5.41) is 0. The molecule has 0 radical (unpaired) electrons. The molecule has 0 aromatic heterocycles. The molecule has 0 spiro atoms. The van der Waals surface area contributed by atoms with Crippen molar-refractivity contribution in [2.75, 3.05) is 26.4 Å². The molecule has 0 saturated heterocycles. The molecule has 0 aromatic rings. The SMILES string of the molecule is CCC(C)(N)COC(C)(CC)CC(CC(C)(C)OCCC(C)C(C)N)(CC(C)(C)OCC(C)(C)N)CC(C)(CC)OCCC(C)(C)N. The van der Waals surface area contributed by atoms with E-state index >= 15 is 0 Å². The molecule has 47 heavy (non-hydrogen) atoms. The zero-order valence-corrected chi connectivity index (χ0v) is 34.3. The van der Waals surface area contributed by atoms with Gasteiger partial charge in [-0.1, -0.05) is 27.7 Å². The summed E-state index contributed by atoms with van der Waals surface area (Å²) in [7, 11) is 0. The Bertz CT molecular complexity index is 879. The van der Waals surface area contributed by atoms with E-state index in [1.807, 2.05) is 13.8 Å². The molecule has 0 fully saturated rings. The lowest BCUT2D eigenvalue weighted by molar-refractivity contribution is -0.158. The molecule has 8 nitrogen and oxygen atoms in total. The van der Waals surface area contributed by atoms with E-state index < -0.39 is 33.5 Å². The Labute approximate surface area is 292 Å². The van der Waals surface area contributed by atoms with E-state index in [4.69, 9.17) is 41.9 Å². The van der Waals surface area contributed by atoms with Crippen LogP contribution in [0.2, 0.25) is 0 Å². The standard InChI is InChI=1S/C39H84N4O4/c1-17-36(14,43)29-47-38(16,19-3)27-39(25-35(12,13)46-28-33(8,9)42,24-34(10,11)44-22-20-30(4)31(5)40)26-37(15,18-2)45-23-21-32(6,7)41/h30-31H,17-29,40-43H2,1-16H3. The maximum Gasteiger partial charge on any atom is 0.0658 e. The van der Waals surface area contributed by atoms with E-state index in [1.165, 1.54) is 0 Å². The zero-order valence-electron chi connectivity index (χ0n) is 34.3. The topological polar surface area (TPSA) is 141 Å². The number of hydrogen-bond donors (Lipinski definition) is 4. The van der Waals surface area contributed by atoms with Gasteiger partial charge in [0, 0.05) is 35.9 Å². The lowest BCUT2D eigenvalue weighted by Gasteiger charge is -2.52. The summed E-state index contributed by atoms with van der Waals surface area (Å²) in [6.45, 7) is 36.6. The fourth-order valence-electron chi connectivity index (χ4n) is 6.59. The van der Waals surface area contributed by atoms with E-state index in [2.05, 4.69) is 96.9 Å². The number of hydrogen-bond acceptors (Lipinski definition) is 8. The van der Waals surface area contributed by atoms with E-state index in [1.54, 1.807) is 0 Å². The maximum atomic E-state index is 6.85. The number of rotatable bonds is 26. The van der Waals surface area contributed by atoms with Gasteiger partial charge in [-0.05, 0) is 152 Å². The summed E-state index contributed by atoms with van der Waals surface area (Å²) in [6.07, 6.45) is 7.47. The lowest BCUT2D eigenvalue weighted by atomic mass is 9.61. The smallest absolute Gasteiger partial charge is 0.0658 e. The van der Waals surface area contributed by atoms with Crippen molar-refractivity contribution in [1.82, 2.24) is 0 Å². The minimum Gasteiger partial charge on any atom is -0.376 e. The van der Waals surface area contributed by atoms with Gasteiger partial charge >= 0.3 is 0 Å². The quantitative estimate of drug-likeness (QED) is 0.0728. The summed E-state index contributed by atoms with van der Waals surface area (Å²) in [6, 6.07) is 0.130. The van der Waals surface area contributed by atoms with Crippen LogP contribution in [0.4, 0.5) is 0 Å². The van der Waals surface area contributed by atoms with Crippen molar-refractivity contribution < 1.29 is 18.9 Å². The highest BCUT2D eigenvalue weighted by Gasteiger charge is 2.49. The van der Waals surface area contributed by atoms with Crippen molar-refractivity contribution in [3.8, 4) is 0 Å². The van der Waals surface area contributed by atoms with Gasteiger partial charge in [0.1, 0.15) is 0 Å². The highest BCUT2D eigenvalue weighted by Crippen LogP contribution is 2.52. The van der Waals surface area contributed by atoms with Crippen LogP contribution in [-0.2, 0) is 18.9 Å². The third-order valence-corrected chi connectivity index (χ3v) is 10.1. The second kappa shape index (κ2) is 18.3. The van der Waals surface area contributed by atoms with Crippen molar-refractivity contribution in [1.29, 1.82) is 0 Å². The van der Waals surface area contributed by atoms with E-state index in [9.17, 15) is 0 Å². The molecule has 0 aromatic carbocycles. The number of ether oxygens (including phenoxy) is 4. The predicted molar refractivity (Wildman–Crippen MR) is 202 cm³/mol. The summed E-state index contributed by atoms with van der Waals surface area (Å²) >= 11 is 0. The highest BCUT2D eigenvalue weighted by molar-refractivity contribution is 5.01.